The first kappa shape index (κ1) is 18.3. The predicted octanol–water partition coefficient (Wildman–Crippen LogP) is 4.13. The Bertz CT molecular complexity index is 840. The number of hydrogen-bond acceptors (Lipinski definition) is 5. The lowest BCUT2D eigenvalue weighted by molar-refractivity contribution is 0.0593. The zero-order valence-corrected chi connectivity index (χ0v) is 15.2. The fourth-order valence-electron chi connectivity index (χ4n) is 2.63. The Morgan fingerprint density at radius 2 is 2.15 bits per heavy atom. The van der Waals surface area contributed by atoms with Crippen molar-refractivity contribution in [3.05, 3.63) is 64.8 Å². The summed E-state index contributed by atoms with van der Waals surface area (Å²) >= 11 is 6.42. The van der Waals surface area contributed by atoms with Crippen LogP contribution in [0, 0.1) is 5.82 Å². The lowest BCUT2D eigenvalue weighted by Gasteiger charge is -2.24. The van der Waals surface area contributed by atoms with Crippen LogP contribution in [0.25, 0.3) is 0 Å². The lowest BCUT2D eigenvalue weighted by Crippen LogP contribution is -2.26. The highest BCUT2D eigenvalue weighted by molar-refractivity contribution is 6.35. The topological polar surface area (TPSA) is 55.3 Å². The van der Waals surface area contributed by atoms with E-state index in [0.29, 0.717) is 23.8 Å². The second-order valence-corrected chi connectivity index (χ2v) is 6.47. The molecule has 1 aliphatic carbocycles. The van der Waals surface area contributed by atoms with Crippen molar-refractivity contribution in [2.24, 2.45) is 0 Å². The third kappa shape index (κ3) is 3.85. The molecular weight excluding hydrogens is 357 g/mol. The number of aromatic nitrogens is 2. The average Bonchev–Trinajstić information content (AvgIpc) is 3.48. The van der Waals surface area contributed by atoms with Crippen LogP contribution < -0.4 is 4.90 Å². The Morgan fingerprint density at radius 1 is 1.42 bits per heavy atom. The Balaban J connectivity index is 2.05. The van der Waals surface area contributed by atoms with Gasteiger partial charge in [0.1, 0.15) is 16.7 Å². The van der Waals surface area contributed by atoms with Crippen molar-refractivity contribution in [3.63, 3.8) is 0 Å². The van der Waals surface area contributed by atoms with E-state index >= 15 is 0 Å². The van der Waals surface area contributed by atoms with E-state index in [0.717, 1.165) is 12.8 Å². The van der Waals surface area contributed by atoms with Crippen LogP contribution in [-0.4, -0.2) is 29.6 Å². The molecule has 0 bridgehead atoms. The van der Waals surface area contributed by atoms with E-state index in [2.05, 4.69) is 16.5 Å². The van der Waals surface area contributed by atoms with Crippen molar-refractivity contribution in [2.75, 3.05) is 18.6 Å². The van der Waals surface area contributed by atoms with Crippen LogP contribution in [0.2, 0.25) is 5.02 Å². The highest BCUT2D eigenvalue weighted by Gasteiger charge is 2.31. The van der Waals surface area contributed by atoms with Gasteiger partial charge < -0.3 is 9.64 Å². The number of methoxy groups -OCH3 is 1. The van der Waals surface area contributed by atoms with E-state index in [1.54, 1.807) is 29.2 Å². The Labute approximate surface area is 156 Å². The molecule has 0 N–H and O–H groups in total. The molecule has 0 saturated heterocycles. The number of carbonyl (C=O) groups is 1. The summed E-state index contributed by atoms with van der Waals surface area (Å²) in [5.74, 6) is 0.223. The minimum absolute atomic E-state index is 0.0312. The van der Waals surface area contributed by atoms with Crippen LogP contribution in [0.1, 0.15) is 40.6 Å². The molecular formula is C19H19ClFN3O2. The number of rotatable bonds is 7. The first-order valence-electron chi connectivity index (χ1n) is 8.30. The summed E-state index contributed by atoms with van der Waals surface area (Å²) in [7, 11) is 1.28. The van der Waals surface area contributed by atoms with Crippen LogP contribution in [-0.2, 0) is 11.3 Å². The molecule has 1 saturated carbocycles. The van der Waals surface area contributed by atoms with Crippen molar-refractivity contribution in [1.29, 1.82) is 0 Å². The normalized spacial score (nSPS) is 13.3. The maximum atomic E-state index is 14.1. The van der Waals surface area contributed by atoms with Crippen LogP contribution in [0.3, 0.4) is 0 Å². The third-order valence-electron chi connectivity index (χ3n) is 4.14. The summed E-state index contributed by atoms with van der Waals surface area (Å²) in [5.41, 5.74) is 0.528. The summed E-state index contributed by atoms with van der Waals surface area (Å²) in [4.78, 5) is 22.7. The standard InChI is InChI=1S/C19H19ClFN3O2/c1-3-10-24(11-13-6-4-5-7-14(13)21)18-15(20)16(19(25)26-2)22-17(23-18)12-8-9-12/h3-7,12H,1,8-11H2,2H3. The summed E-state index contributed by atoms with van der Waals surface area (Å²) in [6, 6.07) is 6.50. The van der Waals surface area contributed by atoms with Crippen LogP contribution in [0.4, 0.5) is 10.2 Å². The van der Waals surface area contributed by atoms with Crippen LogP contribution >= 0.6 is 11.6 Å². The molecule has 0 radical (unpaired) electrons. The van der Waals surface area contributed by atoms with Crippen LogP contribution in [0.5, 0.6) is 0 Å². The van der Waals surface area contributed by atoms with Crippen molar-refractivity contribution in [2.45, 2.75) is 25.3 Å². The predicted molar refractivity (Wildman–Crippen MR) is 98.0 cm³/mol. The number of benzene rings is 1. The lowest BCUT2D eigenvalue weighted by atomic mass is 10.2. The van der Waals surface area contributed by atoms with Crippen molar-refractivity contribution in [1.82, 2.24) is 9.97 Å². The molecule has 26 heavy (non-hydrogen) atoms. The fourth-order valence-corrected chi connectivity index (χ4v) is 2.91. The van der Waals surface area contributed by atoms with E-state index in [1.165, 1.54) is 13.2 Å². The Kier molecular flexibility index (Phi) is 5.52. The van der Waals surface area contributed by atoms with Gasteiger partial charge in [-0.25, -0.2) is 19.2 Å². The van der Waals surface area contributed by atoms with Gasteiger partial charge in [0.05, 0.1) is 7.11 Å². The molecule has 0 unspecified atom stereocenters. The van der Waals surface area contributed by atoms with E-state index in [-0.39, 0.29) is 29.0 Å². The summed E-state index contributed by atoms with van der Waals surface area (Å²) in [6.45, 7) is 4.37. The molecule has 0 amide bonds. The maximum absolute atomic E-state index is 14.1. The van der Waals surface area contributed by atoms with Gasteiger partial charge in [0, 0.05) is 24.6 Å². The molecule has 1 aromatic carbocycles. The smallest absolute Gasteiger partial charge is 0.358 e. The van der Waals surface area contributed by atoms with Gasteiger partial charge in [0.15, 0.2) is 11.5 Å². The van der Waals surface area contributed by atoms with Gasteiger partial charge in [-0.05, 0) is 18.9 Å². The number of nitrogens with zero attached hydrogens (tertiary/aromatic N) is 3. The fraction of sp³-hybridized carbons (Fsp3) is 0.316. The molecule has 1 aromatic heterocycles. The SMILES string of the molecule is C=CCN(Cc1ccccc1F)c1nc(C2CC2)nc(C(=O)OC)c1Cl. The molecule has 1 fully saturated rings. The zero-order valence-electron chi connectivity index (χ0n) is 14.4. The second-order valence-electron chi connectivity index (χ2n) is 6.09. The highest BCUT2D eigenvalue weighted by atomic mass is 35.5. The van der Waals surface area contributed by atoms with Crippen molar-refractivity contribution in [3.8, 4) is 0 Å². The average molecular weight is 376 g/mol. The third-order valence-corrected chi connectivity index (χ3v) is 4.49. The van der Waals surface area contributed by atoms with Gasteiger partial charge in [0.2, 0.25) is 0 Å². The molecule has 1 heterocycles. The summed E-state index contributed by atoms with van der Waals surface area (Å²) < 4.78 is 18.9. The molecule has 5 nitrogen and oxygen atoms in total. The zero-order chi connectivity index (χ0) is 18.7. The van der Waals surface area contributed by atoms with Gasteiger partial charge in [-0.15, -0.1) is 6.58 Å². The first-order valence-corrected chi connectivity index (χ1v) is 8.68. The van der Waals surface area contributed by atoms with E-state index in [4.69, 9.17) is 16.3 Å². The molecule has 136 valence electrons. The number of carbonyl (C=O) groups excluding carboxylic acids is 1. The minimum Gasteiger partial charge on any atom is -0.464 e. The number of anilines is 1. The number of esters is 1. The maximum Gasteiger partial charge on any atom is 0.358 e. The quantitative estimate of drug-likeness (QED) is 0.538. The summed E-state index contributed by atoms with van der Waals surface area (Å²) in [5, 5.41) is 0.0967. The van der Waals surface area contributed by atoms with Crippen molar-refractivity contribution >= 4 is 23.4 Å². The number of ether oxygens (including phenoxy) is 1. The summed E-state index contributed by atoms with van der Waals surface area (Å²) in [6.07, 6.45) is 3.61. The van der Waals surface area contributed by atoms with Gasteiger partial charge in [-0.3, -0.25) is 0 Å². The molecule has 0 aliphatic heterocycles. The highest BCUT2D eigenvalue weighted by Crippen LogP contribution is 2.40. The van der Waals surface area contributed by atoms with Gasteiger partial charge in [-0.2, -0.15) is 0 Å². The minimum atomic E-state index is -0.620. The molecule has 7 heteroatoms. The Morgan fingerprint density at radius 3 is 2.77 bits per heavy atom. The van der Waals surface area contributed by atoms with Gasteiger partial charge in [-0.1, -0.05) is 35.9 Å². The largest absolute Gasteiger partial charge is 0.464 e. The number of hydrogen-bond donors (Lipinski definition) is 0. The van der Waals surface area contributed by atoms with E-state index < -0.39 is 5.97 Å². The number of halogens is 2. The molecule has 0 atom stereocenters. The monoisotopic (exact) mass is 375 g/mol. The Hall–Kier alpha value is -2.47. The van der Waals surface area contributed by atoms with Crippen LogP contribution in [0.15, 0.2) is 36.9 Å². The molecule has 0 spiro atoms. The molecule has 3 rings (SSSR count). The van der Waals surface area contributed by atoms with Gasteiger partial charge in [0.25, 0.3) is 0 Å². The van der Waals surface area contributed by atoms with Gasteiger partial charge >= 0.3 is 5.97 Å². The molecule has 2 aromatic rings. The molecule has 1 aliphatic rings. The van der Waals surface area contributed by atoms with Crippen molar-refractivity contribution < 1.29 is 13.9 Å². The first-order chi connectivity index (χ1) is 12.5. The second kappa shape index (κ2) is 7.83. The van der Waals surface area contributed by atoms with E-state index in [1.807, 2.05) is 0 Å². The van der Waals surface area contributed by atoms with E-state index in [9.17, 15) is 9.18 Å².